The molecule has 0 saturated carbocycles. The molecule has 145 heavy (non-hydrogen) atoms. The zero-order valence-electron chi connectivity index (χ0n) is 88.9. The van der Waals surface area contributed by atoms with Gasteiger partial charge in [0.1, 0.15) is 6.61 Å². The number of alkyl halides is 2. The Balaban J connectivity index is 0.000000156. The van der Waals surface area contributed by atoms with Crippen LogP contribution >= 0.6 is 0 Å². The molecule has 772 valence electrons. The topological polar surface area (TPSA) is 308 Å². The predicted molar refractivity (Wildman–Crippen MR) is 579 cm³/mol. The molecular weight excluding hydrogens is 1810 g/mol. The number of carbonyl (C=O) groups excluding carboxylic acids is 4. The van der Waals surface area contributed by atoms with Crippen molar-refractivity contribution in [2.24, 2.45) is 23.1 Å². The first-order chi connectivity index (χ1) is 69.5. The van der Waals surface area contributed by atoms with Gasteiger partial charge in [0, 0.05) is 198 Å². The van der Waals surface area contributed by atoms with Crippen molar-refractivity contribution in [1.82, 2.24) is 60.6 Å². The normalized spacial score (nSPS) is 16.4. The van der Waals surface area contributed by atoms with E-state index in [4.69, 9.17) is 26.6 Å². The van der Waals surface area contributed by atoms with E-state index in [0.29, 0.717) is 84.2 Å². The standard InChI is InChI=1S/C30H35N3O3.C22H28F2N4O.C21H28N4O.C12H17BO2.2C12H17N.C11H16N2/c1-22(2)26-17-27-20-33(16-14-28(27)32-18-26)19-23-10-12-25(13-11-23)30(35)31-15-6-9-29(34)36-21-24-7-4-3-5-8-24;1-15(2)18-9-19-12-28(8-7-20(19)26-10-18)11-16-3-5-17(6-4-16)21(29)27-14-22(23,24)13-25;1-15(2)18-11-19-14-25(10-7-20(19)24-12-18)13-16-3-5-17(6-4-16)21(26)23-9-8-22;1-4-12-10-7-9(8(2)3)5-6-11(10)13(14)15-12;1-8(2)11-6-10-4-9(3)5-12(10)13-7-11;1-8(2)10-6-11-9(3)4-5-12(11)13-7-10;1-7(2)8-5-9-10(12)3-4-11(9)13-6-8/h3-5,7-8,10-13,17-18,22H,6,9,14-16,19-21H2,1-2H3,(H,31,35);3-6,9-10,15H,7-8,11-14,25H2,1-2H3,(H,27,29);3-6,11-12,15H,7-10,13-14,22H2,1-2H3,(H,23,26);5-8,12,14H,4H2,1-3H3;2*6-9H,4-5H2,1-3H3;5-7,10H,3-4,12H2,1-2H3. The zero-order chi connectivity index (χ0) is 104. The SMILES string of the molecule is CC(C)c1cnc2c(c1)C(C)CC2.CC(C)c1cnc2c(c1)C(N)CC2.CC(C)c1cnc2c(c1)CN(Cc1ccc(C(=O)NCC(F)(F)CN)cc1)CC2.CC(C)c1cnc2c(c1)CN(Cc1ccc(C(=O)NCCCC(=O)OCc3ccccc3)cc1)CC2.CC(C)c1cnc2c(c1)CN(Cc1ccc(C(=O)NCCN)cc1)CC2.CC1Cc2cc(C(C)C)cnc2C1.CCC1OB(O)c2ccc(C(C)C)cc21. The number of fused-ring (bicyclic) bond motifs is 7. The summed E-state index contributed by atoms with van der Waals surface area (Å²) in [5.41, 5.74) is 49.5. The fraction of sp³-hybridized carbons (Fsp3) is 0.467. The number of aryl methyl sites for hydroxylation is 2. The first-order valence-corrected chi connectivity index (χ1v) is 52.8. The molecule has 10 N–H and O–H groups in total. The molecule has 11 aromatic rings. The number of benzene rings is 5. The first-order valence-electron chi connectivity index (χ1n) is 52.8. The second kappa shape index (κ2) is 54.2. The van der Waals surface area contributed by atoms with Crippen LogP contribution in [0.5, 0.6) is 0 Å². The van der Waals surface area contributed by atoms with Crippen molar-refractivity contribution in [3.8, 4) is 0 Å². The predicted octanol–water partition coefficient (Wildman–Crippen LogP) is 20.9. The Hall–Kier alpha value is -11.5. The number of esters is 1. The lowest BCUT2D eigenvalue weighted by molar-refractivity contribution is -0.145. The maximum atomic E-state index is 13.2. The lowest BCUT2D eigenvalue weighted by Gasteiger charge is -2.28. The molecular formula is C120H158BF2N15O7. The summed E-state index contributed by atoms with van der Waals surface area (Å²) in [5.74, 6) is 1.15. The summed E-state index contributed by atoms with van der Waals surface area (Å²) in [6, 6.07) is 52.6. The number of rotatable bonds is 28. The number of nitrogens with one attached hydrogen (secondary N) is 3. The van der Waals surface area contributed by atoms with E-state index in [1.54, 1.807) is 12.1 Å². The van der Waals surface area contributed by atoms with Crippen LogP contribution in [0.25, 0.3) is 0 Å². The van der Waals surface area contributed by atoms with Gasteiger partial charge in [-0.3, -0.25) is 63.8 Å². The van der Waals surface area contributed by atoms with Crippen LogP contribution in [0.1, 0.15) is 375 Å². The van der Waals surface area contributed by atoms with E-state index in [1.807, 2.05) is 134 Å². The van der Waals surface area contributed by atoms with Crippen LogP contribution in [0.2, 0.25) is 0 Å². The van der Waals surface area contributed by atoms with Gasteiger partial charge in [-0.2, -0.15) is 0 Å². The van der Waals surface area contributed by atoms with Gasteiger partial charge in [-0.1, -0.05) is 239 Å². The summed E-state index contributed by atoms with van der Waals surface area (Å²) in [4.78, 5) is 83.1. The van der Waals surface area contributed by atoms with Crippen LogP contribution in [-0.4, -0.2) is 139 Å². The zero-order valence-corrected chi connectivity index (χ0v) is 88.9. The van der Waals surface area contributed by atoms with Gasteiger partial charge in [-0.05, 0) is 247 Å². The van der Waals surface area contributed by atoms with Crippen LogP contribution in [0.15, 0.2) is 195 Å². The van der Waals surface area contributed by atoms with Gasteiger partial charge in [-0.25, -0.2) is 8.78 Å². The summed E-state index contributed by atoms with van der Waals surface area (Å²) < 4.78 is 37.1. The number of pyridine rings is 6. The van der Waals surface area contributed by atoms with E-state index in [2.05, 4.69) is 227 Å². The second-order valence-electron chi connectivity index (χ2n) is 42.3. The fourth-order valence-corrected chi connectivity index (χ4v) is 18.8. The molecule has 7 aliphatic rings. The lowest BCUT2D eigenvalue weighted by atomic mass is 9.78. The Morgan fingerprint density at radius 2 is 0.848 bits per heavy atom. The monoisotopic (exact) mass is 1970 g/mol. The number of nitrogens with two attached hydrogens (primary N) is 3. The molecule has 0 radical (unpaired) electrons. The second-order valence-corrected chi connectivity index (χ2v) is 42.3. The average Bonchev–Trinajstić information content (AvgIpc) is 1.59. The Bertz CT molecular complexity index is 5980. The van der Waals surface area contributed by atoms with E-state index in [0.717, 1.165) is 131 Å². The summed E-state index contributed by atoms with van der Waals surface area (Å²) in [5, 5.41) is 17.6. The van der Waals surface area contributed by atoms with Gasteiger partial charge < -0.3 is 47.6 Å². The Morgan fingerprint density at radius 1 is 0.455 bits per heavy atom. The molecule has 4 atom stereocenters. The molecule has 0 fully saturated rings. The molecule has 3 aliphatic carbocycles. The average molecular weight is 1970 g/mol. The Labute approximate surface area is 861 Å². The van der Waals surface area contributed by atoms with E-state index >= 15 is 0 Å². The molecule has 22 nitrogen and oxygen atoms in total. The smallest absolute Gasteiger partial charge is 0.461 e. The number of aromatic nitrogens is 6. The Morgan fingerprint density at radius 3 is 1.28 bits per heavy atom. The van der Waals surface area contributed by atoms with E-state index in [9.17, 15) is 33.0 Å². The molecule has 0 bridgehead atoms. The highest BCUT2D eigenvalue weighted by Gasteiger charge is 2.35. The highest BCUT2D eigenvalue weighted by molar-refractivity contribution is 6.61. The van der Waals surface area contributed by atoms with Crippen LogP contribution < -0.4 is 38.6 Å². The first kappa shape index (κ1) is 112. The third-order valence-corrected chi connectivity index (χ3v) is 28.3. The van der Waals surface area contributed by atoms with E-state index in [-0.39, 0.29) is 43.0 Å². The van der Waals surface area contributed by atoms with Crippen molar-refractivity contribution in [3.05, 3.63) is 346 Å². The highest BCUT2D eigenvalue weighted by Crippen LogP contribution is 2.36. The molecule has 4 aliphatic heterocycles. The molecule has 0 saturated heterocycles. The molecule has 6 aromatic heterocycles. The van der Waals surface area contributed by atoms with Crippen molar-refractivity contribution in [3.63, 3.8) is 0 Å². The summed E-state index contributed by atoms with van der Waals surface area (Å²) in [6.45, 7) is 45.6. The van der Waals surface area contributed by atoms with Gasteiger partial charge in [0.2, 0.25) is 0 Å². The molecule has 10 heterocycles. The summed E-state index contributed by atoms with van der Waals surface area (Å²) in [7, 11) is -0.730. The van der Waals surface area contributed by atoms with Crippen molar-refractivity contribution in [2.75, 3.05) is 52.4 Å². The van der Waals surface area contributed by atoms with Crippen molar-refractivity contribution in [2.45, 2.75) is 306 Å². The number of ether oxygens (including phenoxy) is 1. The summed E-state index contributed by atoms with van der Waals surface area (Å²) >= 11 is 0. The maximum absolute atomic E-state index is 13.2. The minimum atomic E-state index is -3.09. The van der Waals surface area contributed by atoms with Crippen molar-refractivity contribution in [1.29, 1.82) is 0 Å². The van der Waals surface area contributed by atoms with Gasteiger partial charge in [0.25, 0.3) is 23.6 Å². The van der Waals surface area contributed by atoms with Crippen molar-refractivity contribution < 1.29 is 42.4 Å². The molecule has 5 aromatic carbocycles. The third-order valence-electron chi connectivity index (χ3n) is 28.3. The highest BCUT2D eigenvalue weighted by atomic mass is 19.3. The van der Waals surface area contributed by atoms with Crippen LogP contribution in [-0.2, 0) is 105 Å². The minimum Gasteiger partial charge on any atom is -0.461 e. The number of halogens is 2. The maximum Gasteiger partial charge on any atom is 0.491 e. The number of nitrogens with zero attached hydrogens (tertiary/aromatic N) is 9. The number of hydrogen-bond donors (Lipinski definition) is 7. The molecule has 3 amide bonds. The van der Waals surface area contributed by atoms with Crippen molar-refractivity contribution >= 4 is 36.3 Å². The Kier molecular flexibility index (Phi) is 42.0. The summed E-state index contributed by atoms with van der Waals surface area (Å²) in [6.07, 6.45) is 23.7. The van der Waals surface area contributed by atoms with E-state index < -0.39 is 32.0 Å². The van der Waals surface area contributed by atoms with Gasteiger partial charge in [-0.15, -0.1) is 0 Å². The fourth-order valence-electron chi connectivity index (χ4n) is 18.8. The molecule has 25 heteroatoms. The lowest BCUT2D eigenvalue weighted by Crippen LogP contribution is -2.41. The van der Waals surface area contributed by atoms with Crippen LogP contribution in [0.4, 0.5) is 8.78 Å². The minimum absolute atomic E-state index is 0.0636. The van der Waals surface area contributed by atoms with Gasteiger partial charge in [0.15, 0.2) is 0 Å². The van der Waals surface area contributed by atoms with Crippen LogP contribution in [0, 0.1) is 5.92 Å². The largest absolute Gasteiger partial charge is 0.491 e. The number of carbonyl (C=O) groups is 4. The van der Waals surface area contributed by atoms with Crippen LogP contribution in [0.3, 0.4) is 0 Å². The number of amides is 3. The van der Waals surface area contributed by atoms with E-state index in [1.165, 1.54) is 143 Å². The quantitative estimate of drug-likeness (QED) is 0.0136. The molecule has 18 rings (SSSR count). The molecule has 4 unspecified atom stereocenters. The molecule has 0 spiro atoms. The third kappa shape index (κ3) is 33.0. The number of hydrogen-bond acceptors (Lipinski definition) is 19. The van der Waals surface area contributed by atoms with Gasteiger partial charge in [0.05, 0.1) is 19.2 Å². The van der Waals surface area contributed by atoms with Gasteiger partial charge >= 0.3 is 13.1 Å².